The number of methoxy groups -OCH3 is 1. The summed E-state index contributed by atoms with van der Waals surface area (Å²) in [5.41, 5.74) is 0.917. The lowest BCUT2D eigenvalue weighted by atomic mass is 10.1. The highest BCUT2D eigenvalue weighted by Gasteiger charge is 2.14. The highest BCUT2D eigenvalue weighted by molar-refractivity contribution is 7.89. The van der Waals surface area contributed by atoms with Gasteiger partial charge in [-0.15, -0.1) is 0 Å². The number of nitrogens with two attached hydrogens (primary N) is 1. The first-order chi connectivity index (χ1) is 8.36. The van der Waals surface area contributed by atoms with Gasteiger partial charge in [0.25, 0.3) is 0 Å². The molecule has 5 nitrogen and oxygen atoms in total. The van der Waals surface area contributed by atoms with Crippen LogP contribution in [-0.4, -0.2) is 40.6 Å². The smallest absolute Gasteiger partial charge is 0.238 e. The van der Waals surface area contributed by atoms with E-state index in [1.807, 2.05) is 20.0 Å². The van der Waals surface area contributed by atoms with Crippen molar-refractivity contribution in [1.29, 1.82) is 0 Å². The molecule has 0 aliphatic carbocycles. The first-order valence-corrected chi connectivity index (χ1v) is 7.23. The Kier molecular flexibility index (Phi) is 5.28. The molecule has 102 valence electrons. The summed E-state index contributed by atoms with van der Waals surface area (Å²) in [6.07, 6.45) is 0. The van der Waals surface area contributed by atoms with Crippen molar-refractivity contribution in [3.63, 3.8) is 0 Å². The van der Waals surface area contributed by atoms with Gasteiger partial charge in [-0.25, -0.2) is 13.6 Å². The number of hydrogen-bond donors (Lipinski definition) is 1. The largest absolute Gasteiger partial charge is 0.383 e. The Morgan fingerprint density at radius 2 is 2.11 bits per heavy atom. The Hall–Kier alpha value is -0.950. The number of rotatable bonds is 6. The minimum absolute atomic E-state index is 0.0989. The summed E-state index contributed by atoms with van der Waals surface area (Å²) in [6.45, 7) is 3.42. The van der Waals surface area contributed by atoms with E-state index >= 15 is 0 Å². The van der Waals surface area contributed by atoms with Gasteiger partial charge >= 0.3 is 0 Å². The zero-order chi connectivity index (χ0) is 13.8. The molecule has 0 aliphatic rings. The standard InChI is InChI=1S/C12H20N2O3S/c1-10(14(2)7-8-17-3)11-5-4-6-12(9-11)18(13,15)16/h4-6,9-10H,7-8H2,1-3H3,(H2,13,15,16)/t10-/m1/s1. The van der Waals surface area contributed by atoms with E-state index in [1.165, 1.54) is 6.07 Å². The van der Waals surface area contributed by atoms with Crippen LogP contribution in [0.1, 0.15) is 18.5 Å². The number of likely N-dealkylation sites (N-methyl/N-ethyl adjacent to an activating group) is 1. The predicted octanol–water partition coefficient (Wildman–Crippen LogP) is 0.973. The van der Waals surface area contributed by atoms with Gasteiger partial charge in [-0.3, -0.25) is 4.90 Å². The van der Waals surface area contributed by atoms with Crippen LogP contribution in [0.25, 0.3) is 0 Å². The molecule has 0 aliphatic heterocycles. The van der Waals surface area contributed by atoms with E-state index in [9.17, 15) is 8.42 Å². The van der Waals surface area contributed by atoms with Gasteiger partial charge in [-0.2, -0.15) is 0 Å². The van der Waals surface area contributed by atoms with Crippen molar-refractivity contribution in [2.45, 2.75) is 17.9 Å². The Labute approximate surface area is 109 Å². The van der Waals surface area contributed by atoms with Crippen LogP contribution in [0.2, 0.25) is 0 Å². The zero-order valence-electron chi connectivity index (χ0n) is 11.0. The van der Waals surface area contributed by atoms with E-state index in [-0.39, 0.29) is 10.9 Å². The lowest BCUT2D eigenvalue weighted by molar-refractivity contribution is 0.143. The topological polar surface area (TPSA) is 72.6 Å². The second-order valence-corrected chi connectivity index (χ2v) is 5.83. The van der Waals surface area contributed by atoms with Gasteiger partial charge in [-0.05, 0) is 31.7 Å². The Morgan fingerprint density at radius 1 is 1.44 bits per heavy atom. The van der Waals surface area contributed by atoms with Gasteiger partial charge in [0, 0.05) is 19.7 Å². The molecule has 6 heteroatoms. The van der Waals surface area contributed by atoms with Gasteiger partial charge in [-0.1, -0.05) is 12.1 Å². The van der Waals surface area contributed by atoms with Crippen LogP contribution in [0.15, 0.2) is 29.2 Å². The molecular formula is C12H20N2O3S. The van der Waals surface area contributed by atoms with E-state index < -0.39 is 10.0 Å². The highest BCUT2D eigenvalue weighted by Crippen LogP contribution is 2.20. The lowest BCUT2D eigenvalue weighted by Gasteiger charge is -2.24. The van der Waals surface area contributed by atoms with Gasteiger partial charge in [0.2, 0.25) is 10.0 Å². The molecule has 0 bridgehead atoms. The van der Waals surface area contributed by atoms with E-state index in [2.05, 4.69) is 4.90 Å². The third-order valence-corrected chi connectivity index (χ3v) is 3.89. The monoisotopic (exact) mass is 272 g/mol. The summed E-state index contributed by atoms with van der Waals surface area (Å²) >= 11 is 0. The van der Waals surface area contributed by atoms with E-state index in [0.717, 1.165) is 12.1 Å². The van der Waals surface area contributed by atoms with E-state index in [0.29, 0.717) is 6.61 Å². The molecule has 2 N–H and O–H groups in total. The summed E-state index contributed by atoms with van der Waals surface area (Å²) < 4.78 is 27.6. The van der Waals surface area contributed by atoms with Crippen LogP contribution in [0.4, 0.5) is 0 Å². The predicted molar refractivity (Wildman–Crippen MR) is 70.7 cm³/mol. The highest BCUT2D eigenvalue weighted by atomic mass is 32.2. The first kappa shape index (κ1) is 15.1. The number of sulfonamides is 1. The van der Waals surface area contributed by atoms with E-state index in [1.54, 1.807) is 19.2 Å². The maximum absolute atomic E-state index is 11.3. The van der Waals surface area contributed by atoms with Gasteiger partial charge < -0.3 is 4.74 Å². The van der Waals surface area contributed by atoms with Crippen LogP contribution >= 0.6 is 0 Å². The van der Waals surface area contributed by atoms with Crippen molar-refractivity contribution in [2.24, 2.45) is 5.14 Å². The molecule has 1 atom stereocenters. The molecule has 1 rings (SSSR count). The van der Waals surface area contributed by atoms with Gasteiger partial charge in [0.15, 0.2) is 0 Å². The van der Waals surface area contributed by atoms with Crippen molar-refractivity contribution in [1.82, 2.24) is 4.90 Å². The summed E-state index contributed by atoms with van der Waals surface area (Å²) in [5.74, 6) is 0. The number of primary sulfonamides is 1. The van der Waals surface area contributed by atoms with Crippen LogP contribution in [0.3, 0.4) is 0 Å². The molecule has 0 unspecified atom stereocenters. The SMILES string of the molecule is COCCN(C)[C@H](C)c1cccc(S(N)(=O)=O)c1. The lowest BCUT2D eigenvalue weighted by Crippen LogP contribution is -2.26. The molecule has 0 heterocycles. The molecule has 1 aromatic carbocycles. The Balaban J connectivity index is 2.90. The normalized spacial score (nSPS) is 13.8. The van der Waals surface area contributed by atoms with Crippen LogP contribution in [0, 0.1) is 0 Å². The van der Waals surface area contributed by atoms with Crippen molar-refractivity contribution in [3.05, 3.63) is 29.8 Å². The fourth-order valence-corrected chi connectivity index (χ4v) is 2.20. The molecule has 18 heavy (non-hydrogen) atoms. The number of ether oxygens (including phenoxy) is 1. The summed E-state index contributed by atoms with van der Waals surface area (Å²) in [5, 5.41) is 5.12. The summed E-state index contributed by atoms with van der Waals surface area (Å²) in [7, 11) is -0.0262. The quantitative estimate of drug-likeness (QED) is 0.837. The maximum atomic E-state index is 11.3. The molecular weight excluding hydrogens is 252 g/mol. The third-order valence-electron chi connectivity index (χ3n) is 2.98. The number of benzene rings is 1. The van der Waals surface area contributed by atoms with Gasteiger partial charge in [0.1, 0.15) is 0 Å². The third kappa shape index (κ3) is 4.06. The van der Waals surface area contributed by atoms with Crippen molar-refractivity contribution < 1.29 is 13.2 Å². The second-order valence-electron chi connectivity index (χ2n) is 4.27. The molecule has 0 radical (unpaired) electrons. The molecule has 0 aromatic heterocycles. The average molecular weight is 272 g/mol. The van der Waals surface area contributed by atoms with Gasteiger partial charge in [0.05, 0.1) is 11.5 Å². The van der Waals surface area contributed by atoms with Crippen LogP contribution in [0.5, 0.6) is 0 Å². The van der Waals surface area contributed by atoms with Crippen LogP contribution in [-0.2, 0) is 14.8 Å². The van der Waals surface area contributed by atoms with E-state index in [4.69, 9.17) is 9.88 Å². The maximum Gasteiger partial charge on any atom is 0.238 e. The summed E-state index contributed by atoms with van der Waals surface area (Å²) in [6, 6.07) is 6.81. The number of hydrogen-bond acceptors (Lipinski definition) is 4. The molecule has 0 amide bonds. The first-order valence-electron chi connectivity index (χ1n) is 5.68. The minimum atomic E-state index is -3.64. The molecule has 0 spiro atoms. The molecule has 0 fully saturated rings. The minimum Gasteiger partial charge on any atom is -0.383 e. The Bertz CT molecular complexity index is 488. The average Bonchev–Trinajstić information content (AvgIpc) is 2.34. The molecule has 0 saturated heterocycles. The van der Waals surface area contributed by atoms with Crippen molar-refractivity contribution in [3.8, 4) is 0 Å². The van der Waals surface area contributed by atoms with Crippen LogP contribution < -0.4 is 5.14 Å². The fourth-order valence-electron chi connectivity index (χ4n) is 1.63. The second kappa shape index (κ2) is 6.29. The number of nitrogens with zero attached hydrogens (tertiary/aromatic N) is 1. The molecule has 0 saturated carbocycles. The zero-order valence-corrected chi connectivity index (χ0v) is 11.8. The molecule has 1 aromatic rings. The fraction of sp³-hybridized carbons (Fsp3) is 0.500. The summed E-state index contributed by atoms with van der Waals surface area (Å²) in [4.78, 5) is 2.23. The Morgan fingerprint density at radius 3 is 2.67 bits per heavy atom. The van der Waals surface area contributed by atoms with Crippen molar-refractivity contribution >= 4 is 10.0 Å². The van der Waals surface area contributed by atoms with Crippen molar-refractivity contribution in [2.75, 3.05) is 27.3 Å².